The number of aliphatic hydroxyl groups excluding tert-OH is 4. The summed E-state index contributed by atoms with van der Waals surface area (Å²) in [6.07, 6.45) is -13.2. The Kier molecular flexibility index (Phi) is 11.2. The van der Waals surface area contributed by atoms with Crippen LogP contribution in [0.15, 0.2) is 48.5 Å². The van der Waals surface area contributed by atoms with E-state index < -0.39 is 67.7 Å². The molecule has 5 rings (SSSR count). The van der Waals surface area contributed by atoms with Gasteiger partial charge in [0.1, 0.15) is 48.8 Å². The summed E-state index contributed by atoms with van der Waals surface area (Å²) < 4.78 is 40.7. The predicted octanol–water partition coefficient (Wildman–Crippen LogP) is 1.07. The molecule has 0 aliphatic carbocycles. The Bertz CT molecular complexity index is 1240. The first-order valence-corrected chi connectivity index (χ1v) is 14.7. The lowest BCUT2D eigenvalue weighted by Crippen LogP contribution is -2.66. The normalized spacial score (nSPS) is 35.6. The van der Waals surface area contributed by atoms with E-state index in [1.165, 1.54) is 6.92 Å². The zero-order valence-corrected chi connectivity index (χ0v) is 25.0. The van der Waals surface area contributed by atoms with Crippen LogP contribution in [-0.4, -0.2) is 107 Å². The van der Waals surface area contributed by atoms with Gasteiger partial charge in [-0.1, -0.05) is 48.0 Å². The molecule has 0 spiro atoms. The minimum absolute atomic E-state index is 0.0561. The van der Waals surface area contributed by atoms with E-state index in [0.717, 1.165) is 5.56 Å². The molecule has 0 radical (unpaired) electrons. The number of ether oxygens (including phenoxy) is 7. The molecule has 0 aromatic heterocycles. The minimum Gasteiger partial charge on any atom is -0.387 e. The first-order valence-electron chi connectivity index (χ1n) is 14.4. The molecule has 3 fully saturated rings. The Hall–Kier alpha value is -2.24. The highest BCUT2D eigenvalue weighted by Gasteiger charge is 2.52. The van der Waals surface area contributed by atoms with Gasteiger partial charge in [-0.2, -0.15) is 0 Å². The van der Waals surface area contributed by atoms with Crippen LogP contribution in [0.4, 0.5) is 5.69 Å². The van der Waals surface area contributed by atoms with Crippen molar-refractivity contribution in [2.24, 2.45) is 0 Å². The zero-order chi connectivity index (χ0) is 31.4. The lowest BCUT2D eigenvalue weighted by atomic mass is 9.96. The molecule has 1 unspecified atom stereocenters. The van der Waals surface area contributed by atoms with Crippen molar-refractivity contribution in [2.45, 2.75) is 94.8 Å². The molecule has 14 heteroatoms. The van der Waals surface area contributed by atoms with Crippen molar-refractivity contribution in [2.75, 3.05) is 18.5 Å². The number of hydrogen-bond donors (Lipinski definition) is 5. The molecule has 2 aromatic carbocycles. The van der Waals surface area contributed by atoms with Gasteiger partial charge in [0.15, 0.2) is 18.9 Å². The smallest absolute Gasteiger partial charge is 0.221 e. The summed E-state index contributed by atoms with van der Waals surface area (Å²) >= 11 is 6.16. The third kappa shape index (κ3) is 7.94. The third-order valence-electron chi connectivity index (χ3n) is 7.57. The van der Waals surface area contributed by atoms with E-state index >= 15 is 0 Å². The fourth-order valence-corrected chi connectivity index (χ4v) is 5.47. The van der Waals surface area contributed by atoms with Gasteiger partial charge < -0.3 is 58.9 Å². The van der Waals surface area contributed by atoms with Gasteiger partial charge in [0.25, 0.3) is 0 Å². The fourth-order valence-electron chi connectivity index (χ4n) is 5.30. The number of rotatable bonds is 10. The largest absolute Gasteiger partial charge is 0.387 e. The highest BCUT2D eigenvalue weighted by molar-refractivity contribution is 6.33. The molecule has 3 heterocycles. The fraction of sp³-hybridized carbons (Fsp3) is 0.567. The van der Waals surface area contributed by atoms with Crippen LogP contribution in [0.1, 0.15) is 25.0 Å². The molecule has 13 nitrogen and oxygen atoms in total. The first kappa shape index (κ1) is 33.1. The van der Waals surface area contributed by atoms with Crippen molar-refractivity contribution in [3.63, 3.8) is 0 Å². The standard InChI is InChI=1S/C30H38ClNO12/c1-15(33)32-20-10-18(8-9-19(20)31)12-40-29-25(36)23(34)28(21(42-29)13-38-11-17-6-4-3-5-7-17)44-30-26(37)24(35)27-22(43-30)14-39-16(2)41-27/h3-10,16,21-30,34-37H,11-14H2,1-2H3,(H,32,33)/t16?,21-,22-,23-,24-,25-,26-,27-,28-,29-,30-/m1/s1. The van der Waals surface area contributed by atoms with Crippen LogP contribution in [-0.2, 0) is 51.2 Å². The SMILES string of the molecule is CC(=O)Nc1cc(CO[C@@H]2O[C@H](COCc3ccccc3)[C@@H](O[C@H]3O[C@@H]4COC(C)O[C@H]4[C@H](O)[C@H]3O)[C@H](O)[C@H]2O)ccc1Cl. The minimum atomic E-state index is -1.58. The number of nitrogens with one attached hydrogen (secondary N) is 1. The van der Waals surface area contributed by atoms with Crippen LogP contribution in [0.3, 0.4) is 0 Å². The lowest BCUT2D eigenvalue weighted by molar-refractivity contribution is -0.383. The molecule has 3 aliphatic heterocycles. The quantitative estimate of drug-likeness (QED) is 0.251. The molecule has 0 bridgehead atoms. The molecule has 11 atom stereocenters. The molecule has 3 saturated heterocycles. The Morgan fingerprint density at radius 3 is 2.43 bits per heavy atom. The van der Waals surface area contributed by atoms with E-state index in [1.807, 2.05) is 30.3 Å². The van der Waals surface area contributed by atoms with Gasteiger partial charge in [-0.25, -0.2) is 0 Å². The number of anilines is 1. The average molecular weight is 640 g/mol. The van der Waals surface area contributed by atoms with E-state index in [4.69, 9.17) is 44.8 Å². The van der Waals surface area contributed by atoms with Crippen LogP contribution >= 0.6 is 11.6 Å². The first-order chi connectivity index (χ1) is 21.1. The van der Waals surface area contributed by atoms with Crippen LogP contribution < -0.4 is 5.32 Å². The summed E-state index contributed by atoms with van der Waals surface area (Å²) in [5, 5.41) is 46.7. The second-order valence-electron chi connectivity index (χ2n) is 11.0. The van der Waals surface area contributed by atoms with Gasteiger partial charge in [-0.3, -0.25) is 4.79 Å². The number of carbonyl (C=O) groups excluding carboxylic acids is 1. The molecule has 2 aromatic rings. The van der Waals surface area contributed by atoms with E-state index in [0.29, 0.717) is 16.3 Å². The number of aliphatic hydroxyl groups is 4. The van der Waals surface area contributed by atoms with Gasteiger partial charge in [-0.05, 0) is 30.2 Å². The van der Waals surface area contributed by atoms with E-state index in [-0.39, 0.29) is 32.3 Å². The molecule has 242 valence electrons. The van der Waals surface area contributed by atoms with E-state index in [2.05, 4.69) is 5.32 Å². The maximum atomic E-state index is 11.5. The second kappa shape index (κ2) is 14.9. The summed E-state index contributed by atoms with van der Waals surface area (Å²) in [4.78, 5) is 11.5. The maximum absolute atomic E-state index is 11.5. The molecular weight excluding hydrogens is 602 g/mol. The van der Waals surface area contributed by atoms with Gasteiger partial charge in [-0.15, -0.1) is 0 Å². The third-order valence-corrected chi connectivity index (χ3v) is 7.90. The van der Waals surface area contributed by atoms with Crippen LogP contribution in [0, 0.1) is 0 Å². The van der Waals surface area contributed by atoms with E-state index in [1.54, 1.807) is 25.1 Å². The van der Waals surface area contributed by atoms with Crippen molar-refractivity contribution in [1.82, 2.24) is 0 Å². The van der Waals surface area contributed by atoms with Crippen LogP contribution in [0.25, 0.3) is 0 Å². The number of hydrogen-bond acceptors (Lipinski definition) is 12. The number of fused-ring (bicyclic) bond motifs is 1. The highest BCUT2D eigenvalue weighted by atomic mass is 35.5. The topological polar surface area (TPSA) is 175 Å². The number of benzene rings is 2. The zero-order valence-electron chi connectivity index (χ0n) is 24.2. The van der Waals surface area contributed by atoms with Crippen molar-refractivity contribution < 1.29 is 58.4 Å². The molecule has 5 N–H and O–H groups in total. The molecule has 44 heavy (non-hydrogen) atoms. The average Bonchev–Trinajstić information content (AvgIpc) is 3.00. The van der Waals surface area contributed by atoms with Crippen molar-refractivity contribution in [3.05, 3.63) is 64.7 Å². The van der Waals surface area contributed by atoms with Crippen LogP contribution in [0.5, 0.6) is 0 Å². The summed E-state index contributed by atoms with van der Waals surface area (Å²) in [6.45, 7) is 3.21. The summed E-state index contributed by atoms with van der Waals surface area (Å²) in [7, 11) is 0. The van der Waals surface area contributed by atoms with Gasteiger partial charge >= 0.3 is 0 Å². The van der Waals surface area contributed by atoms with Crippen molar-refractivity contribution >= 4 is 23.2 Å². The highest BCUT2D eigenvalue weighted by Crippen LogP contribution is 2.33. The monoisotopic (exact) mass is 639 g/mol. The van der Waals surface area contributed by atoms with Crippen LogP contribution in [0.2, 0.25) is 5.02 Å². The molecule has 1 amide bonds. The van der Waals surface area contributed by atoms with Gasteiger partial charge in [0.2, 0.25) is 5.91 Å². The van der Waals surface area contributed by atoms with Gasteiger partial charge in [0, 0.05) is 6.92 Å². The maximum Gasteiger partial charge on any atom is 0.221 e. The Morgan fingerprint density at radius 1 is 0.932 bits per heavy atom. The number of amides is 1. The Balaban J connectivity index is 1.28. The number of carbonyl (C=O) groups is 1. The molecule has 3 aliphatic rings. The van der Waals surface area contributed by atoms with E-state index in [9.17, 15) is 25.2 Å². The van der Waals surface area contributed by atoms with Gasteiger partial charge in [0.05, 0.1) is 37.1 Å². The molecular formula is C30H38ClNO12. The number of halogens is 1. The Labute approximate surface area is 259 Å². The van der Waals surface area contributed by atoms with Crippen molar-refractivity contribution in [3.8, 4) is 0 Å². The summed E-state index contributed by atoms with van der Waals surface area (Å²) in [6, 6.07) is 14.3. The lowest BCUT2D eigenvalue weighted by Gasteiger charge is -2.48. The molecule has 0 saturated carbocycles. The summed E-state index contributed by atoms with van der Waals surface area (Å²) in [5.41, 5.74) is 1.91. The second-order valence-corrected chi connectivity index (χ2v) is 11.4. The van der Waals surface area contributed by atoms with Crippen molar-refractivity contribution in [1.29, 1.82) is 0 Å². The predicted molar refractivity (Wildman–Crippen MR) is 153 cm³/mol. The summed E-state index contributed by atoms with van der Waals surface area (Å²) in [5.74, 6) is -0.295. The Morgan fingerprint density at radius 2 is 1.68 bits per heavy atom.